The number of aryl methyl sites for hydroxylation is 1. The Morgan fingerprint density at radius 1 is 1.21 bits per heavy atom. The van der Waals surface area contributed by atoms with E-state index in [1.165, 1.54) is 11.9 Å². The lowest BCUT2D eigenvalue weighted by Gasteiger charge is -2.20. The van der Waals surface area contributed by atoms with Gasteiger partial charge in [0.05, 0.1) is 7.11 Å². The van der Waals surface area contributed by atoms with Crippen molar-refractivity contribution in [1.29, 1.82) is 0 Å². The van der Waals surface area contributed by atoms with E-state index in [9.17, 15) is 0 Å². The largest absolute Gasteiger partial charge is 0.490 e. The van der Waals surface area contributed by atoms with Gasteiger partial charge in [-0.15, -0.1) is 0 Å². The normalized spacial score (nSPS) is 10.3. The molecule has 5 heteroatoms. The molecule has 2 aromatic rings. The van der Waals surface area contributed by atoms with E-state index in [1.54, 1.807) is 7.11 Å². The highest BCUT2D eigenvalue weighted by atomic mass is 35.5. The van der Waals surface area contributed by atoms with Crippen LogP contribution in [0.25, 0.3) is 0 Å². The van der Waals surface area contributed by atoms with Crippen molar-refractivity contribution in [3.63, 3.8) is 0 Å². The van der Waals surface area contributed by atoms with Gasteiger partial charge in [-0.2, -0.15) is 0 Å². The third kappa shape index (κ3) is 2.79. The first kappa shape index (κ1) is 13.6. The molecular formula is C14H16ClN3O. The minimum atomic E-state index is 0.310. The Balaban J connectivity index is 2.37. The molecule has 4 nitrogen and oxygen atoms in total. The predicted molar refractivity (Wildman–Crippen MR) is 77.5 cm³/mol. The number of aromatic nitrogens is 2. The molecule has 2 rings (SSSR count). The van der Waals surface area contributed by atoms with Gasteiger partial charge in [-0.05, 0) is 24.1 Å². The maximum absolute atomic E-state index is 6.01. The van der Waals surface area contributed by atoms with Gasteiger partial charge in [0.15, 0.2) is 16.7 Å². The van der Waals surface area contributed by atoms with Crippen LogP contribution in [0.1, 0.15) is 12.5 Å². The third-order valence-electron chi connectivity index (χ3n) is 3.00. The Labute approximate surface area is 118 Å². The minimum absolute atomic E-state index is 0.310. The summed E-state index contributed by atoms with van der Waals surface area (Å²) >= 11 is 6.01. The van der Waals surface area contributed by atoms with Gasteiger partial charge in [-0.3, -0.25) is 0 Å². The SMILES string of the molecule is CCc1ccc(N(C)c2ncnc(Cl)c2OC)cc1. The number of rotatable bonds is 4. The van der Waals surface area contributed by atoms with Gasteiger partial charge >= 0.3 is 0 Å². The average Bonchev–Trinajstić information content (AvgIpc) is 2.46. The van der Waals surface area contributed by atoms with E-state index < -0.39 is 0 Å². The van der Waals surface area contributed by atoms with Gasteiger partial charge < -0.3 is 9.64 Å². The molecule has 0 spiro atoms. The average molecular weight is 278 g/mol. The van der Waals surface area contributed by atoms with Crippen LogP contribution in [0.3, 0.4) is 0 Å². The Hall–Kier alpha value is -1.81. The molecule has 0 aliphatic carbocycles. The van der Waals surface area contributed by atoms with Crippen LogP contribution in [0.15, 0.2) is 30.6 Å². The van der Waals surface area contributed by atoms with E-state index in [2.05, 4.69) is 29.0 Å². The van der Waals surface area contributed by atoms with Gasteiger partial charge in [0.2, 0.25) is 0 Å². The number of hydrogen-bond acceptors (Lipinski definition) is 4. The van der Waals surface area contributed by atoms with E-state index in [-0.39, 0.29) is 0 Å². The molecule has 0 atom stereocenters. The quantitative estimate of drug-likeness (QED) is 0.802. The second-order valence-electron chi connectivity index (χ2n) is 4.10. The van der Waals surface area contributed by atoms with E-state index in [4.69, 9.17) is 16.3 Å². The number of ether oxygens (including phenoxy) is 1. The van der Waals surface area contributed by atoms with Crippen LogP contribution in [0.2, 0.25) is 5.15 Å². The zero-order chi connectivity index (χ0) is 13.8. The summed E-state index contributed by atoms with van der Waals surface area (Å²) in [5.41, 5.74) is 2.31. The molecule has 0 amide bonds. The number of nitrogens with zero attached hydrogens (tertiary/aromatic N) is 3. The molecule has 0 unspecified atom stereocenters. The van der Waals surface area contributed by atoms with Crippen LogP contribution in [0, 0.1) is 0 Å². The van der Waals surface area contributed by atoms with Crippen LogP contribution >= 0.6 is 11.6 Å². The molecule has 100 valence electrons. The number of hydrogen-bond donors (Lipinski definition) is 0. The number of methoxy groups -OCH3 is 1. The van der Waals surface area contributed by atoms with Gasteiger partial charge in [0.1, 0.15) is 6.33 Å². The second kappa shape index (κ2) is 5.89. The van der Waals surface area contributed by atoms with Gasteiger partial charge in [-0.1, -0.05) is 30.7 Å². The fourth-order valence-corrected chi connectivity index (χ4v) is 2.04. The maximum atomic E-state index is 6.01. The lowest BCUT2D eigenvalue weighted by atomic mass is 10.1. The van der Waals surface area contributed by atoms with Crippen molar-refractivity contribution in [2.75, 3.05) is 19.1 Å². The highest BCUT2D eigenvalue weighted by Gasteiger charge is 2.15. The highest BCUT2D eigenvalue weighted by molar-refractivity contribution is 6.31. The van der Waals surface area contributed by atoms with Crippen molar-refractivity contribution in [1.82, 2.24) is 9.97 Å². The lowest BCUT2D eigenvalue weighted by molar-refractivity contribution is 0.412. The molecular weight excluding hydrogens is 262 g/mol. The molecule has 1 aromatic heterocycles. The molecule has 0 bridgehead atoms. The number of anilines is 2. The standard InChI is InChI=1S/C14H16ClN3O/c1-4-10-5-7-11(8-6-10)18(2)14-12(19-3)13(15)16-9-17-14/h5-9H,4H2,1-3H3. The molecule has 0 N–H and O–H groups in total. The summed E-state index contributed by atoms with van der Waals surface area (Å²) in [6.45, 7) is 2.13. The maximum Gasteiger partial charge on any atom is 0.199 e. The van der Waals surface area contributed by atoms with E-state index in [1.807, 2.05) is 24.1 Å². The van der Waals surface area contributed by atoms with Gasteiger partial charge in [0.25, 0.3) is 0 Å². The lowest BCUT2D eigenvalue weighted by Crippen LogP contribution is -2.13. The first-order valence-electron chi connectivity index (χ1n) is 6.04. The van der Waals surface area contributed by atoms with Crippen LogP contribution in [0.5, 0.6) is 5.75 Å². The summed E-state index contributed by atoms with van der Waals surface area (Å²) in [5, 5.41) is 0.310. The van der Waals surface area contributed by atoms with Crippen molar-refractivity contribution in [3.05, 3.63) is 41.3 Å². The van der Waals surface area contributed by atoms with Crippen molar-refractivity contribution >= 4 is 23.1 Å². The number of halogens is 1. The van der Waals surface area contributed by atoms with Crippen LogP contribution in [-0.4, -0.2) is 24.1 Å². The predicted octanol–water partition coefficient (Wildman–Crippen LogP) is 3.47. The summed E-state index contributed by atoms with van der Waals surface area (Å²) in [4.78, 5) is 10.1. The van der Waals surface area contributed by atoms with Crippen molar-refractivity contribution < 1.29 is 4.74 Å². The fraction of sp³-hybridized carbons (Fsp3) is 0.286. The Morgan fingerprint density at radius 2 is 1.89 bits per heavy atom. The first-order chi connectivity index (χ1) is 9.17. The van der Waals surface area contributed by atoms with Gasteiger partial charge in [-0.25, -0.2) is 9.97 Å². The smallest absolute Gasteiger partial charge is 0.199 e. The third-order valence-corrected chi connectivity index (χ3v) is 3.26. The summed E-state index contributed by atoms with van der Waals surface area (Å²) in [6, 6.07) is 8.30. The molecule has 0 radical (unpaired) electrons. The second-order valence-corrected chi connectivity index (χ2v) is 4.46. The Kier molecular flexibility index (Phi) is 4.22. The Morgan fingerprint density at radius 3 is 2.47 bits per heavy atom. The van der Waals surface area contributed by atoms with E-state index >= 15 is 0 Å². The van der Waals surface area contributed by atoms with Crippen LogP contribution in [-0.2, 0) is 6.42 Å². The summed E-state index contributed by atoms with van der Waals surface area (Å²) in [7, 11) is 3.48. The summed E-state index contributed by atoms with van der Waals surface area (Å²) < 4.78 is 5.27. The summed E-state index contributed by atoms with van der Waals surface area (Å²) in [5.74, 6) is 1.12. The summed E-state index contributed by atoms with van der Waals surface area (Å²) in [6.07, 6.45) is 2.45. The Bertz CT molecular complexity index is 557. The number of benzene rings is 1. The minimum Gasteiger partial charge on any atom is -0.490 e. The van der Waals surface area contributed by atoms with Crippen molar-refractivity contribution in [2.24, 2.45) is 0 Å². The zero-order valence-electron chi connectivity index (χ0n) is 11.2. The monoisotopic (exact) mass is 277 g/mol. The van der Waals surface area contributed by atoms with Crippen LogP contribution < -0.4 is 9.64 Å². The molecule has 0 aliphatic heterocycles. The molecule has 0 saturated carbocycles. The molecule has 0 fully saturated rings. The molecule has 0 saturated heterocycles. The fourth-order valence-electron chi connectivity index (χ4n) is 1.84. The molecule has 19 heavy (non-hydrogen) atoms. The molecule has 0 aliphatic rings. The molecule has 1 heterocycles. The van der Waals surface area contributed by atoms with Crippen molar-refractivity contribution in [3.8, 4) is 5.75 Å². The highest BCUT2D eigenvalue weighted by Crippen LogP contribution is 2.34. The topological polar surface area (TPSA) is 38.2 Å². The van der Waals surface area contributed by atoms with E-state index in [0.29, 0.717) is 16.7 Å². The van der Waals surface area contributed by atoms with Crippen molar-refractivity contribution in [2.45, 2.75) is 13.3 Å². The van der Waals surface area contributed by atoms with Crippen LogP contribution in [0.4, 0.5) is 11.5 Å². The zero-order valence-corrected chi connectivity index (χ0v) is 12.0. The molecule has 1 aromatic carbocycles. The van der Waals surface area contributed by atoms with Gasteiger partial charge in [0, 0.05) is 12.7 Å². The van der Waals surface area contributed by atoms with E-state index in [0.717, 1.165) is 12.1 Å². The first-order valence-corrected chi connectivity index (χ1v) is 6.42.